The molecule has 0 saturated heterocycles. The van der Waals surface area contributed by atoms with Crippen molar-refractivity contribution in [1.82, 2.24) is 0 Å². The van der Waals surface area contributed by atoms with Crippen LogP contribution in [0.15, 0.2) is 23.1 Å². The van der Waals surface area contributed by atoms with Crippen LogP contribution in [0.1, 0.15) is 30.6 Å². The maximum absolute atomic E-state index is 11.9. The Balaban J connectivity index is 2.27. The van der Waals surface area contributed by atoms with Crippen LogP contribution in [0.5, 0.6) is 0 Å². The lowest BCUT2D eigenvalue weighted by Crippen LogP contribution is -2.30. The SMILES string of the molecule is CC(C)CC1Sc2cc(C(=O)O)ccc2NC1=O. The monoisotopic (exact) mass is 265 g/mol. The van der Waals surface area contributed by atoms with Gasteiger partial charge < -0.3 is 10.4 Å². The van der Waals surface area contributed by atoms with Gasteiger partial charge in [-0.1, -0.05) is 13.8 Å². The molecule has 4 nitrogen and oxygen atoms in total. The number of nitrogens with one attached hydrogen (secondary N) is 1. The van der Waals surface area contributed by atoms with Gasteiger partial charge in [0, 0.05) is 4.90 Å². The van der Waals surface area contributed by atoms with Crippen LogP contribution in [0.25, 0.3) is 0 Å². The number of carbonyl (C=O) groups is 2. The predicted molar refractivity (Wildman–Crippen MR) is 71.1 cm³/mol. The maximum Gasteiger partial charge on any atom is 0.335 e. The number of aromatic carboxylic acids is 1. The summed E-state index contributed by atoms with van der Waals surface area (Å²) >= 11 is 1.45. The average Bonchev–Trinajstić information content (AvgIpc) is 2.28. The molecule has 96 valence electrons. The fourth-order valence-corrected chi connectivity index (χ4v) is 3.25. The average molecular weight is 265 g/mol. The molecule has 1 aliphatic heterocycles. The molecule has 0 spiro atoms. The molecule has 1 atom stereocenters. The number of anilines is 1. The number of carboxylic acid groups (broad SMARTS) is 1. The first kappa shape index (κ1) is 13.0. The number of amides is 1. The van der Waals surface area contributed by atoms with E-state index in [9.17, 15) is 9.59 Å². The Morgan fingerprint density at radius 1 is 1.50 bits per heavy atom. The fourth-order valence-electron chi connectivity index (χ4n) is 1.86. The molecule has 0 fully saturated rings. The fraction of sp³-hybridized carbons (Fsp3) is 0.385. The third-order valence-corrected chi connectivity index (χ3v) is 4.02. The lowest BCUT2D eigenvalue weighted by molar-refractivity contribution is -0.116. The molecule has 1 amide bonds. The minimum absolute atomic E-state index is 0.00396. The molecular formula is C13H15NO3S. The van der Waals surface area contributed by atoms with E-state index in [0.29, 0.717) is 11.6 Å². The van der Waals surface area contributed by atoms with E-state index in [2.05, 4.69) is 19.2 Å². The van der Waals surface area contributed by atoms with Crippen LogP contribution in [0.4, 0.5) is 5.69 Å². The first-order valence-corrected chi connectivity index (χ1v) is 6.70. The highest BCUT2D eigenvalue weighted by Crippen LogP contribution is 2.38. The lowest BCUT2D eigenvalue weighted by Gasteiger charge is -2.25. The molecule has 2 rings (SSSR count). The van der Waals surface area contributed by atoms with Crippen molar-refractivity contribution in [2.45, 2.75) is 30.4 Å². The van der Waals surface area contributed by atoms with E-state index in [1.54, 1.807) is 12.1 Å². The van der Waals surface area contributed by atoms with Crippen LogP contribution in [0.2, 0.25) is 0 Å². The summed E-state index contributed by atoms with van der Waals surface area (Å²) in [7, 11) is 0. The summed E-state index contributed by atoms with van der Waals surface area (Å²) in [5.74, 6) is -0.516. The zero-order valence-corrected chi connectivity index (χ0v) is 11.1. The van der Waals surface area contributed by atoms with E-state index >= 15 is 0 Å². The predicted octanol–water partition coefficient (Wildman–Crippen LogP) is 2.84. The largest absolute Gasteiger partial charge is 0.478 e. The second-order valence-electron chi connectivity index (χ2n) is 4.74. The maximum atomic E-state index is 11.9. The van der Waals surface area contributed by atoms with Crippen molar-refractivity contribution in [1.29, 1.82) is 0 Å². The van der Waals surface area contributed by atoms with Gasteiger partial charge in [-0.05, 0) is 30.5 Å². The zero-order valence-electron chi connectivity index (χ0n) is 10.3. The van der Waals surface area contributed by atoms with Crippen molar-refractivity contribution in [3.05, 3.63) is 23.8 Å². The number of benzene rings is 1. The van der Waals surface area contributed by atoms with Gasteiger partial charge in [-0.2, -0.15) is 0 Å². The van der Waals surface area contributed by atoms with E-state index in [4.69, 9.17) is 5.11 Å². The number of carboxylic acids is 1. The van der Waals surface area contributed by atoms with E-state index in [-0.39, 0.29) is 16.7 Å². The van der Waals surface area contributed by atoms with Crippen LogP contribution in [0.3, 0.4) is 0 Å². The van der Waals surface area contributed by atoms with Gasteiger partial charge in [0.2, 0.25) is 5.91 Å². The number of hydrogen-bond acceptors (Lipinski definition) is 3. The Morgan fingerprint density at radius 2 is 2.22 bits per heavy atom. The number of carbonyl (C=O) groups excluding carboxylic acids is 1. The third kappa shape index (κ3) is 2.67. The summed E-state index contributed by atoms with van der Waals surface area (Å²) in [6.07, 6.45) is 0.785. The first-order chi connectivity index (χ1) is 8.47. The molecule has 1 aromatic rings. The van der Waals surface area contributed by atoms with Gasteiger partial charge in [-0.25, -0.2) is 4.79 Å². The quantitative estimate of drug-likeness (QED) is 0.882. The van der Waals surface area contributed by atoms with Gasteiger partial charge in [-0.15, -0.1) is 11.8 Å². The molecule has 1 aromatic carbocycles. The van der Waals surface area contributed by atoms with Gasteiger partial charge in [0.15, 0.2) is 0 Å². The summed E-state index contributed by atoms with van der Waals surface area (Å²) in [5.41, 5.74) is 0.954. The van der Waals surface area contributed by atoms with Crippen molar-refractivity contribution in [2.75, 3.05) is 5.32 Å². The van der Waals surface area contributed by atoms with Gasteiger partial charge in [0.25, 0.3) is 0 Å². The number of hydrogen-bond donors (Lipinski definition) is 2. The number of rotatable bonds is 3. The van der Waals surface area contributed by atoms with E-state index in [0.717, 1.165) is 11.3 Å². The van der Waals surface area contributed by atoms with Gasteiger partial charge in [-0.3, -0.25) is 4.79 Å². The molecule has 1 aliphatic rings. The summed E-state index contributed by atoms with van der Waals surface area (Å²) in [4.78, 5) is 23.6. The number of fused-ring (bicyclic) bond motifs is 1. The molecule has 5 heteroatoms. The van der Waals surface area contributed by atoms with Crippen LogP contribution in [0, 0.1) is 5.92 Å². The Kier molecular flexibility index (Phi) is 3.61. The van der Waals surface area contributed by atoms with E-state index < -0.39 is 5.97 Å². The van der Waals surface area contributed by atoms with Crippen molar-refractivity contribution in [3.8, 4) is 0 Å². The van der Waals surface area contributed by atoms with Gasteiger partial charge >= 0.3 is 5.97 Å². The van der Waals surface area contributed by atoms with Crippen LogP contribution < -0.4 is 5.32 Å². The second-order valence-corrected chi connectivity index (χ2v) is 5.99. The topological polar surface area (TPSA) is 66.4 Å². The molecule has 0 aromatic heterocycles. The minimum atomic E-state index is -0.948. The van der Waals surface area contributed by atoms with Crippen molar-refractivity contribution < 1.29 is 14.7 Å². The van der Waals surface area contributed by atoms with Crippen molar-refractivity contribution >= 4 is 29.3 Å². The Bertz CT molecular complexity index is 499. The molecule has 1 unspecified atom stereocenters. The van der Waals surface area contributed by atoms with Crippen LogP contribution >= 0.6 is 11.8 Å². The normalized spacial score (nSPS) is 18.4. The Labute approximate surface area is 110 Å². The van der Waals surface area contributed by atoms with Gasteiger partial charge in [0.05, 0.1) is 16.5 Å². The second kappa shape index (κ2) is 5.02. The van der Waals surface area contributed by atoms with Crippen molar-refractivity contribution in [2.24, 2.45) is 5.92 Å². The van der Waals surface area contributed by atoms with E-state index in [1.807, 2.05) is 0 Å². The van der Waals surface area contributed by atoms with Crippen LogP contribution in [-0.2, 0) is 4.79 Å². The molecule has 0 bridgehead atoms. The highest BCUT2D eigenvalue weighted by atomic mass is 32.2. The Morgan fingerprint density at radius 3 is 2.83 bits per heavy atom. The summed E-state index contributed by atoms with van der Waals surface area (Å²) in [5, 5.41) is 11.6. The highest BCUT2D eigenvalue weighted by molar-refractivity contribution is 8.01. The summed E-state index contributed by atoms with van der Waals surface area (Å²) in [6.45, 7) is 4.13. The molecule has 2 N–H and O–H groups in total. The van der Waals surface area contributed by atoms with Crippen LogP contribution in [-0.4, -0.2) is 22.2 Å². The van der Waals surface area contributed by atoms with Gasteiger partial charge in [0.1, 0.15) is 0 Å². The molecule has 0 radical (unpaired) electrons. The third-order valence-electron chi connectivity index (χ3n) is 2.73. The molecule has 1 heterocycles. The summed E-state index contributed by atoms with van der Waals surface area (Å²) in [6, 6.07) is 4.77. The molecule has 18 heavy (non-hydrogen) atoms. The summed E-state index contributed by atoms with van der Waals surface area (Å²) < 4.78 is 0. The van der Waals surface area contributed by atoms with Crippen molar-refractivity contribution in [3.63, 3.8) is 0 Å². The number of thioether (sulfide) groups is 1. The lowest BCUT2D eigenvalue weighted by atomic mass is 10.1. The standard InChI is InChI=1S/C13H15NO3S/c1-7(2)5-11-12(15)14-9-4-3-8(13(16)17)6-10(9)18-11/h3-4,6-7,11H,5H2,1-2H3,(H,14,15)(H,16,17). The molecular weight excluding hydrogens is 250 g/mol. The van der Waals surface area contributed by atoms with E-state index in [1.165, 1.54) is 17.8 Å². The molecule has 0 aliphatic carbocycles. The first-order valence-electron chi connectivity index (χ1n) is 5.82. The zero-order chi connectivity index (χ0) is 13.3. The smallest absolute Gasteiger partial charge is 0.335 e. The Hall–Kier alpha value is -1.49. The highest BCUT2D eigenvalue weighted by Gasteiger charge is 2.27. The minimum Gasteiger partial charge on any atom is -0.478 e. The molecule has 0 saturated carbocycles.